The van der Waals surface area contributed by atoms with Crippen LogP contribution in [0.4, 0.5) is 0 Å². The van der Waals surface area contributed by atoms with E-state index in [9.17, 15) is 4.79 Å². The molecule has 17 heavy (non-hydrogen) atoms. The zero-order valence-corrected chi connectivity index (χ0v) is 11.0. The second kappa shape index (κ2) is 4.53. The number of hydrogen-bond acceptors (Lipinski definition) is 3. The van der Waals surface area contributed by atoms with Gasteiger partial charge in [0.15, 0.2) is 0 Å². The summed E-state index contributed by atoms with van der Waals surface area (Å²) in [5.74, 6) is 1.68. The minimum absolute atomic E-state index is 0.106. The predicted molar refractivity (Wildman–Crippen MR) is 66.3 cm³/mol. The van der Waals surface area contributed by atoms with Gasteiger partial charge in [0, 0.05) is 24.7 Å². The molecule has 0 radical (unpaired) electrons. The average molecular weight is 236 g/mol. The lowest BCUT2D eigenvalue weighted by atomic mass is 10.1. The standard InChI is InChI=1S/C13H20N2O2/c1-8-9(2)17-10(3)12(8)13(16)15-6-5-11(7-15)14-4/h11,14H,5-7H2,1-4H3. The molecular formula is C13H20N2O2. The van der Waals surface area contributed by atoms with Gasteiger partial charge in [0.05, 0.1) is 5.56 Å². The number of likely N-dealkylation sites (tertiary alicyclic amines) is 1. The van der Waals surface area contributed by atoms with Gasteiger partial charge in [-0.3, -0.25) is 4.79 Å². The van der Waals surface area contributed by atoms with Crippen molar-refractivity contribution in [2.24, 2.45) is 0 Å². The van der Waals surface area contributed by atoms with Crippen molar-refractivity contribution in [1.29, 1.82) is 0 Å². The maximum atomic E-state index is 12.4. The summed E-state index contributed by atoms with van der Waals surface area (Å²) in [6.45, 7) is 7.33. The Balaban J connectivity index is 2.20. The molecule has 1 aliphatic heterocycles. The largest absolute Gasteiger partial charge is 0.466 e. The van der Waals surface area contributed by atoms with Gasteiger partial charge in [-0.25, -0.2) is 0 Å². The van der Waals surface area contributed by atoms with Crippen molar-refractivity contribution in [3.63, 3.8) is 0 Å². The van der Waals surface area contributed by atoms with E-state index in [1.807, 2.05) is 32.7 Å². The molecule has 1 unspecified atom stereocenters. The van der Waals surface area contributed by atoms with E-state index in [1.165, 1.54) is 0 Å². The molecule has 1 atom stereocenters. The van der Waals surface area contributed by atoms with Crippen molar-refractivity contribution in [1.82, 2.24) is 10.2 Å². The van der Waals surface area contributed by atoms with Crippen LogP contribution in [-0.2, 0) is 0 Å². The van der Waals surface area contributed by atoms with Crippen LogP contribution in [0.15, 0.2) is 4.42 Å². The van der Waals surface area contributed by atoms with Crippen LogP contribution >= 0.6 is 0 Å². The van der Waals surface area contributed by atoms with Gasteiger partial charge >= 0.3 is 0 Å². The van der Waals surface area contributed by atoms with Crippen LogP contribution in [0.2, 0.25) is 0 Å². The topological polar surface area (TPSA) is 45.5 Å². The van der Waals surface area contributed by atoms with Crippen LogP contribution in [-0.4, -0.2) is 37.0 Å². The van der Waals surface area contributed by atoms with Crippen LogP contribution in [0.1, 0.15) is 33.9 Å². The van der Waals surface area contributed by atoms with Crippen molar-refractivity contribution in [3.8, 4) is 0 Å². The maximum absolute atomic E-state index is 12.4. The molecule has 0 bridgehead atoms. The molecule has 0 saturated carbocycles. The number of likely N-dealkylation sites (N-methyl/N-ethyl adjacent to an activating group) is 1. The molecule has 94 valence electrons. The van der Waals surface area contributed by atoms with E-state index >= 15 is 0 Å². The number of carbonyl (C=O) groups excluding carboxylic acids is 1. The van der Waals surface area contributed by atoms with Crippen LogP contribution in [0.3, 0.4) is 0 Å². The number of nitrogens with zero attached hydrogens (tertiary/aromatic N) is 1. The molecule has 4 nitrogen and oxygen atoms in total. The fourth-order valence-electron chi connectivity index (χ4n) is 2.45. The Hall–Kier alpha value is -1.29. The van der Waals surface area contributed by atoms with E-state index in [0.29, 0.717) is 6.04 Å². The van der Waals surface area contributed by atoms with E-state index < -0.39 is 0 Å². The number of rotatable bonds is 2. The second-order valence-corrected chi connectivity index (χ2v) is 4.74. The van der Waals surface area contributed by atoms with Crippen molar-refractivity contribution in [2.45, 2.75) is 33.2 Å². The summed E-state index contributed by atoms with van der Waals surface area (Å²) in [5.41, 5.74) is 1.72. The zero-order valence-electron chi connectivity index (χ0n) is 11.0. The Morgan fingerprint density at radius 3 is 2.53 bits per heavy atom. The lowest BCUT2D eigenvalue weighted by Gasteiger charge is -2.16. The first kappa shape index (κ1) is 12.2. The Kier molecular flexibility index (Phi) is 3.24. The Morgan fingerprint density at radius 2 is 2.06 bits per heavy atom. The maximum Gasteiger partial charge on any atom is 0.257 e. The Labute approximate surface area is 102 Å². The molecule has 2 rings (SSSR count). The first-order chi connectivity index (χ1) is 8.04. The highest BCUT2D eigenvalue weighted by molar-refractivity contribution is 5.97. The van der Waals surface area contributed by atoms with Gasteiger partial charge in [0.25, 0.3) is 5.91 Å². The van der Waals surface area contributed by atoms with E-state index in [-0.39, 0.29) is 5.91 Å². The molecule has 2 heterocycles. The van der Waals surface area contributed by atoms with Gasteiger partial charge in [0.1, 0.15) is 11.5 Å². The first-order valence-corrected chi connectivity index (χ1v) is 6.07. The average Bonchev–Trinajstić information content (AvgIpc) is 2.85. The van der Waals surface area contributed by atoms with E-state index in [2.05, 4.69) is 5.32 Å². The molecule has 1 N–H and O–H groups in total. The van der Waals surface area contributed by atoms with E-state index in [1.54, 1.807) is 0 Å². The number of aryl methyl sites for hydroxylation is 2. The van der Waals surface area contributed by atoms with Gasteiger partial charge in [-0.2, -0.15) is 0 Å². The molecule has 1 fully saturated rings. The van der Waals surface area contributed by atoms with Crippen LogP contribution < -0.4 is 5.32 Å². The van der Waals surface area contributed by atoms with Gasteiger partial charge in [-0.05, 0) is 34.2 Å². The molecule has 0 spiro atoms. The summed E-state index contributed by atoms with van der Waals surface area (Å²) in [4.78, 5) is 14.3. The first-order valence-electron chi connectivity index (χ1n) is 6.07. The Bertz CT molecular complexity index is 437. The highest BCUT2D eigenvalue weighted by Gasteiger charge is 2.29. The third kappa shape index (κ3) is 2.09. The minimum atomic E-state index is 0.106. The molecule has 4 heteroatoms. The summed E-state index contributed by atoms with van der Waals surface area (Å²) in [6, 6.07) is 0.424. The summed E-state index contributed by atoms with van der Waals surface area (Å²) in [6.07, 6.45) is 1.02. The van der Waals surface area contributed by atoms with Gasteiger partial charge in [-0.1, -0.05) is 0 Å². The van der Waals surface area contributed by atoms with Crippen molar-refractivity contribution in [3.05, 3.63) is 22.6 Å². The van der Waals surface area contributed by atoms with Gasteiger partial charge < -0.3 is 14.6 Å². The second-order valence-electron chi connectivity index (χ2n) is 4.74. The van der Waals surface area contributed by atoms with Gasteiger partial charge in [0.2, 0.25) is 0 Å². The quantitative estimate of drug-likeness (QED) is 0.849. The number of carbonyl (C=O) groups is 1. The van der Waals surface area contributed by atoms with Crippen LogP contribution in [0, 0.1) is 20.8 Å². The Morgan fingerprint density at radius 1 is 1.35 bits per heavy atom. The minimum Gasteiger partial charge on any atom is -0.466 e. The number of hydrogen-bond donors (Lipinski definition) is 1. The molecule has 1 aliphatic rings. The molecule has 1 aromatic rings. The number of furan rings is 1. The van der Waals surface area contributed by atoms with E-state index in [4.69, 9.17) is 4.42 Å². The smallest absolute Gasteiger partial charge is 0.257 e. The summed E-state index contributed by atoms with van der Waals surface area (Å²) in [7, 11) is 1.94. The fourth-order valence-corrected chi connectivity index (χ4v) is 2.45. The van der Waals surface area contributed by atoms with Crippen molar-refractivity contribution >= 4 is 5.91 Å². The number of amides is 1. The molecule has 1 saturated heterocycles. The summed E-state index contributed by atoms with van der Waals surface area (Å²) >= 11 is 0. The van der Waals surface area contributed by atoms with Crippen LogP contribution in [0.5, 0.6) is 0 Å². The summed E-state index contributed by atoms with van der Waals surface area (Å²) < 4.78 is 5.52. The highest BCUT2D eigenvalue weighted by Crippen LogP contribution is 2.24. The third-order valence-corrected chi connectivity index (χ3v) is 3.66. The lowest BCUT2D eigenvalue weighted by molar-refractivity contribution is 0.0787. The molecule has 1 amide bonds. The molecule has 1 aromatic heterocycles. The van der Waals surface area contributed by atoms with Gasteiger partial charge in [-0.15, -0.1) is 0 Å². The molecule has 0 aliphatic carbocycles. The monoisotopic (exact) mass is 236 g/mol. The predicted octanol–water partition coefficient (Wildman–Crippen LogP) is 1.64. The van der Waals surface area contributed by atoms with Crippen molar-refractivity contribution in [2.75, 3.05) is 20.1 Å². The third-order valence-electron chi connectivity index (χ3n) is 3.66. The summed E-state index contributed by atoms with van der Waals surface area (Å²) in [5, 5.41) is 3.22. The highest BCUT2D eigenvalue weighted by atomic mass is 16.3. The normalized spacial score (nSPS) is 20.0. The number of nitrogens with one attached hydrogen (secondary N) is 1. The fraction of sp³-hybridized carbons (Fsp3) is 0.615. The zero-order chi connectivity index (χ0) is 12.6. The lowest BCUT2D eigenvalue weighted by Crippen LogP contribution is -2.33. The van der Waals surface area contributed by atoms with E-state index in [0.717, 1.165) is 42.2 Å². The SMILES string of the molecule is CNC1CCN(C(=O)c2c(C)oc(C)c2C)C1. The van der Waals surface area contributed by atoms with Crippen LogP contribution in [0.25, 0.3) is 0 Å². The molecular weight excluding hydrogens is 216 g/mol. The van der Waals surface area contributed by atoms with Crippen molar-refractivity contribution < 1.29 is 9.21 Å². The molecule has 0 aromatic carbocycles.